The van der Waals surface area contributed by atoms with Crippen molar-refractivity contribution in [1.82, 2.24) is 9.78 Å². The van der Waals surface area contributed by atoms with E-state index in [9.17, 15) is 0 Å². The van der Waals surface area contributed by atoms with Crippen molar-refractivity contribution in [3.63, 3.8) is 0 Å². The minimum absolute atomic E-state index is 0.645. The van der Waals surface area contributed by atoms with Crippen LogP contribution in [0.5, 0.6) is 0 Å². The van der Waals surface area contributed by atoms with E-state index >= 15 is 0 Å². The maximum absolute atomic E-state index is 4.33. The molecule has 0 aliphatic rings. The molecule has 1 aromatic rings. The number of hydrogen-bond acceptors (Lipinski definition) is 2. The summed E-state index contributed by atoms with van der Waals surface area (Å²) < 4.78 is 2.01. The first-order chi connectivity index (χ1) is 7.61. The fourth-order valence-corrected chi connectivity index (χ4v) is 1.82. The van der Waals surface area contributed by atoms with E-state index < -0.39 is 0 Å². The SMILES string of the molecule is CCCC(C)CNc1cnn(CC(C)C)c1. The summed E-state index contributed by atoms with van der Waals surface area (Å²) in [4.78, 5) is 0. The summed E-state index contributed by atoms with van der Waals surface area (Å²) in [5, 5.41) is 7.77. The van der Waals surface area contributed by atoms with Crippen LogP contribution in [0.15, 0.2) is 12.4 Å². The second-order valence-electron chi connectivity index (χ2n) is 5.12. The minimum Gasteiger partial charge on any atom is -0.382 e. The molecule has 1 heterocycles. The van der Waals surface area contributed by atoms with Crippen molar-refractivity contribution in [2.24, 2.45) is 11.8 Å². The highest BCUT2D eigenvalue weighted by Gasteiger charge is 2.03. The van der Waals surface area contributed by atoms with Crippen molar-refractivity contribution < 1.29 is 0 Å². The molecule has 0 aromatic carbocycles. The van der Waals surface area contributed by atoms with E-state index in [1.54, 1.807) is 0 Å². The van der Waals surface area contributed by atoms with E-state index in [0.29, 0.717) is 5.92 Å². The number of rotatable bonds is 7. The van der Waals surface area contributed by atoms with Gasteiger partial charge in [-0.3, -0.25) is 4.68 Å². The lowest BCUT2D eigenvalue weighted by Gasteiger charge is -2.10. The highest BCUT2D eigenvalue weighted by Crippen LogP contribution is 2.10. The third-order valence-electron chi connectivity index (χ3n) is 2.62. The zero-order chi connectivity index (χ0) is 12.0. The highest BCUT2D eigenvalue weighted by atomic mass is 15.3. The molecule has 1 atom stereocenters. The van der Waals surface area contributed by atoms with Gasteiger partial charge < -0.3 is 5.32 Å². The summed E-state index contributed by atoms with van der Waals surface area (Å²) in [6.45, 7) is 11.0. The third-order valence-corrected chi connectivity index (χ3v) is 2.62. The zero-order valence-electron chi connectivity index (χ0n) is 11.0. The third kappa shape index (κ3) is 4.69. The molecule has 0 amide bonds. The van der Waals surface area contributed by atoms with Crippen molar-refractivity contribution >= 4 is 5.69 Å². The quantitative estimate of drug-likeness (QED) is 0.768. The topological polar surface area (TPSA) is 29.9 Å². The van der Waals surface area contributed by atoms with Crippen molar-refractivity contribution in [3.8, 4) is 0 Å². The molecule has 0 aliphatic carbocycles. The van der Waals surface area contributed by atoms with Crippen molar-refractivity contribution in [2.75, 3.05) is 11.9 Å². The first-order valence-electron chi connectivity index (χ1n) is 6.38. The summed E-state index contributed by atoms with van der Waals surface area (Å²) in [6.07, 6.45) is 6.56. The Kier molecular flexibility index (Phi) is 5.36. The molecule has 3 heteroatoms. The van der Waals surface area contributed by atoms with Gasteiger partial charge in [0, 0.05) is 19.3 Å². The van der Waals surface area contributed by atoms with Crippen LogP contribution in [0.25, 0.3) is 0 Å². The minimum atomic E-state index is 0.645. The molecular weight excluding hydrogens is 198 g/mol. The molecule has 0 fully saturated rings. The molecule has 1 N–H and O–H groups in total. The van der Waals surface area contributed by atoms with Crippen LogP contribution in [0.2, 0.25) is 0 Å². The average molecular weight is 223 g/mol. The summed E-state index contributed by atoms with van der Waals surface area (Å²) >= 11 is 0. The van der Waals surface area contributed by atoms with Gasteiger partial charge in [0.1, 0.15) is 0 Å². The number of anilines is 1. The molecule has 92 valence electrons. The van der Waals surface area contributed by atoms with E-state index in [1.165, 1.54) is 12.8 Å². The normalized spacial score (nSPS) is 13.1. The Labute approximate surface area is 99.2 Å². The Morgan fingerprint density at radius 3 is 2.75 bits per heavy atom. The van der Waals surface area contributed by atoms with Crippen LogP contribution in [-0.4, -0.2) is 16.3 Å². The van der Waals surface area contributed by atoms with Crippen LogP contribution in [0.1, 0.15) is 40.5 Å². The lowest BCUT2D eigenvalue weighted by molar-refractivity contribution is 0.483. The van der Waals surface area contributed by atoms with E-state index in [2.05, 4.69) is 44.3 Å². The maximum Gasteiger partial charge on any atom is 0.0726 e. The number of aromatic nitrogens is 2. The van der Waals surface area contributed by atoms with E-state index in [0.717, 1.165) is 24.7 Å². The predicted molar refractivity (Wildman–Crippen MR) is 69.6 cm³/mol. The molecule has 0 saturated carbocycles. The fourth-order valence-electron chi connectivity index (χ4n) is 1.82. The van der Waals surface area contributed by atoms with Gasteiger partial charge in [0.05, 0.1) is 11.9 Å². The van der Waals surface area contributed by atoms with Gasteiger partial charge in [-0.05, 0) is 18.3 Å². The Hall–Kier alpha value is -0.990. The van der Waals surface area contributed by atoms with Crippen LogP contribution in [0.3, 0.4) is 0 Å². The standard InChI is InChI=1S/C13H25N3/c1-5-6-12(4)7-14-13-8-15-16(10-13)9-11(2)3/h8,10-12,14H,5-7,9H2,1-4H3. The molecule has 16 heavy (non-hydrogen) atoms. The fraction of sp³-hybridized carbons (Fsp3) is 0.769. The number of nitrogens with one attached hydrogen (secondary N) is 1. The summed E-state index contributed by atoms with van der Waals surface area (Å²) in [5.74, 6) is 1.38. The van der Waals surface area contributed by atoms with E-state index in [4.69, 9.17) is 0 Å². The molecule has 1 rings (SSSR count). The summed E-state index contributed by atoms with van der Waals surface area (Å²) in [7, 11) is 0. The molecule has 3 nitrogen and oxygen atoms in total. The second-order valence-corrected chi connectivity index (χ2v) is 5.12. The van der Waals surface area contributed by atoms with Gasteiger partial charge >= 0.3 is 0 Å². The first kappa shape index (κ1) is 13.1. The Bertz CT molecular complexity index is 291. The Morgan fingerprint density at radius 1 is 1.38 bits per heavy atom. The van der Waals surface area contributed by atoms with Gasteiger partial charge in [-0.2, -0.15) is 5.10 Å². The zero-order valence-corrected chi connectivity index (χ0v) is 11.0. The monoisotopic (exact) mass is 223 g/mol. The van der Waals surface area contributed by atoms with Crippen LogP contribution in [-0.2, 0) is 6.54 Å². The van der Waals surface area contributed by atoms with Gasteiger partial charge in [0.25, 0.3) is 0 Å². The predicted octanol–water partition coefficient (Wildman–Crippen LogP) is 3.39. The molecular formula is C13H25N3. The lowest BCUT2D eigenvalue weighted by atomic mass is 10.1. The number of hydrogen-bond donors (Lipinski definition) is 1. The second kappa shape index (κ2) is 6.56. The molecule has 0 bridgehead atoms. The van der Waals surface area contributed by atoms with Crippen molar-refractivity contribution in [3.05, 3.63) is 12.4 Å². The van der Waals surface area contributed by atoms with Gasteiger partial charge in [0.2, 0.25) is 0 Å². The van der Waals surface area contributed by atoms with Crippen molar-refractivity contribution in [1.29, 1.82) is 0 Å². The van der Waals surface area contributed by atoms with Crippen LogP contribution < -0.4 is 5.32 Å². The molecule has 0 aliphatic heterocycles. The molecule has 0 saturated heterocycles. The highest BCUT2D eigenvalue weighted by molar-refractivity contribution is 5.37. The Balaban J connectivity index is 2.34. The van der Waals surface area contributed by atoms with Gasteiger partial charge in [-0.15, -0.1) is 0 Å². The first-order valence-corrected chi connectivity index (χ1v) is 6.38. The molecule has 0 spiro atoms. The largest absolute Gasteiger partial charge is 0.382 e. The van der Waals surface area contributed by atoms with E-state index in [1.807, 2.05) is 10.9 Å². The summed E-state index contributed by atoms with van der Waals surface area (Å²) in [6, 6.07) is 0. The van der Waals surface area contributed by atoms with Gasteiger partial charge in [-0.25, -0.2) is 0 Å². The Morgan fingerprint density at radius 2 is 2.12 bits per heavy atom. The van der Waals surface area contributed by atoms with Crippen LogP contribution >= 0.6 is 0 Å². The van der Waals surface area contributed by atoms with E-state index in [-0.39, 0.29) is 0 Å². The molecule has 1 aromatic heterocycles. The van der Waals surface area contributed by atoms with Crippen molar-refractivity contribution in [2.45, 2.75) is 47.1 Å². The smallest absolute Gasteiger partial charge is 0.0726 e. The van der Waals surface area contributed by atoms with Gasteiger partial charge in [-0.1, -0.05) is 34.1 Å². The maximum atomic E-state index is 4.33. The van der Waals surface area contributed by atoms with Crippen LogP contribution in [0, 0.1) is 11.8 Å². The number of nitrogens with zero attached hydrogens (tertiary/aromatic N) is 2. The van der Waals surface area contributed by atoms with Gasteiger partial charge in [0.15, 0.2) is 0 Å². The molecule has 1 unspecified atom stereocenters. The van der Waals surface area contributed by atoms with Crippen LogP contribution in [0.4, 0.5) is 5.69 Å². The summed E-state index contributed by atoms with van der Waals surface area (Å²) in [5.41, 5.74) is 1.14. The molecule has 0 radical (unpaired) electrons. The lowest BCUT2D eigenvalue weighted by Crippen LogP contribution is -2.10. The average Bonchev–Trinajstić information content (AvgIpc) is 2.62.